The molecule has 0 aliphatic heterocycles. The minimum absolute atomic E-state index is 0.0149. The maximum Gasteiger partial charge on any atom is 0.270 e. The van der Waals surface area contributed by atoms with E-state index in [4.69, 9.17) is 10.5 Å². The average Bonchev–Trinajstić information content (AvgIpc) is 2.27. The van der Waals surface area contributed by atoms with E-state index in [0.29, 0.717) is 10.0 Å². The van der Waals surface area contributed by atoms with Crippen LogP contribution < -0.4 is 5.73 Å². The van der Waals surface area contributed by atoms with Crippen LogP contribution in [0.4, 0.5) is 5.69 Å². The van der Waals surface area contributed by atoms with E-state index in [1.54, 1.807) is 13.0 Å². The minimum atomic E-state index is -0.714. The fraction of sp³-hybridized carbons (Fsp3) is 0.400. The second-order valence-corrected chi connectivity index (χ2v) is 4.51. The van der Waals surface area contributed by atoms with Gasteiger partial charge >= 0.3 is 0 Å². The summed E-state index contributed by atoms with van der Waals surface area (Å²) in [6, 6.07) is 4.68. The van der Waals surface area contributed by atoms with E-state index < -0.39 is 10.5 Å². The molecule has 0 bridgehead atoms. The van der Waals surface area contributed by atoms with Gasteiger partial charge in [0.1, 0.15) is 5.60 Å². The first-order chi connectivity index (χ1) is 7.42. The van der Waals surface area contributed by atoms with Gasteiger partial charge in [-0.25, -0.2) is 0 Å². The number of methoxy groups -OCH3 is 1. The maximum atomic E-state index is 10.7. The van der Waals surface area contributed by atoms with Crippen molar-refractivity contribution < 1.29 is 9.66 Å². The van der Waals surface area contributed by atoms with E-state index in [1.807, 2.05) is 0 Å². The molecular weight excluding hydrogens is 276 g/mol. The lowest BCUT2D eigenvalue weighted by Crippen LogP contribution is -2.33. The molecule has 1 unspecified atom stereocenters. The second kappa shape index (κ2) is 4.90. The summed E-state index contributed by atoms with van der Waals surface area (Å²) < 4.78 is 5.93. The smallest absolute Gasteiger partial charge is 0.270 e. The largest absolute Gasteiger partial charge is 0.372 e. The van der Waals surface area contributed by atoms with E-state index in [-0.39, 0.29) is 12.2 Å². The highest BCUT2D eigenvalue weighted by atomic mass is 79.9. The van der Waals surface area contributed by atoms with Crippen LogP contribution in [0.5, 0.6) is 0 Å². The average molecular weight is 289 g/mol. The number of nitro benzene ring substituents is 1. The van der Waals surface area contributed by atoms with Crippen LogP contribution in [0.1, 0.15) is 12.5 Å². The van der Waals surface area contributed by atoms with Crippen LogP contribution >= 0.6 is 15.9 Å². The lowest BCUT2D eigenvalue weighted by molar-refractivity contribution is -0.385. The molecule has 1 aromatic rings. The van der Waals surface area contributed by atoms with E-state index in [2.05, 4.69) is 15.9 Å². The number of ether oxygens (including phenoxy) is 1. The topological polar surface area (TPSA) is 78.4 Å². The SMILES string of the molecule is COC(C)(CN)c1cc(Br)cc([N+](=O)[O-])c1. The second-order valence-electron chi connectivity index (χ2n) is 3.59. The van der Waals surface area contributed by atoms with Gasteiger partial charge in [-0.15, -0.1) is 0 Å². The zero-order valence-corrected chi connectivity index (χ0v) is 10.7. The molecule has 1 rings (SSSR count). The molecule has 0 saturated heterocycles. The molecule has 88 valence electrons. The minimum Gasteiger partial charge on any atom is -0.372 e. The van der Waals surface area contributed by atoms with E-state index in [9.17, 15) is 10.1 Å². The van der Waals surface area contributed by atoms with Crippen molar-refractivity contribution in [2.24, 2.45) is 5.73 Å². The quantitative estimate of drug-likeness (QED) is 0.680. The lowest BCUT2D eigenvalue weighted by atomic mass is 9.95. The number of nitrogens with two attached hydrogens (primary N) is 1. The fourth-order valence-electron chi connectivity index (χ4n) is 1.30. The summed E-state index contributed by atoms with van der Waals surface area (Å²) in [4.78, 5) is 10.3. The van der Waals surface area contributed by atoms with Crippen LogP contribution in [0.2, 0.25) is 0 Å². The molecule has 0 heterocycles. The van der Waals surface area contributed by atoms with Crippen LogP contribution in [0, 0.1) is 10.1 Å². The summed E-state index contributed by atoms with van der Waals surface area (Å²) in [5.74, 6) is 0. The van der Waals surface area contributed by atoms with Gasteiger partial charge in [0, 0.05) is 30.3 Å². The van der Waals surface area contributed by atoms with Gasteiger partial charge in [-0.3, -0.25) is 10.1 Å². The third kappa shape index (κ3) is 2.58. The van der Waals surface area contributed by atoms with Gasteiger partial charge in [0.05, 0.1) is 4.92 Å². The summed E-state index contributed by atoms with van der Waals surface area (Å²) in [6.45, 7) is 2.04. The van der Waals surface area contributed by atoms with Gasteiger partial charge < -0.3 is 10.5 Å². The van der Waals surface area contributed by atoms with Crippen LogP contribution in [0.15, 0.2) is 22.7 Å². The van der Waals surface area contributed by atoms with Crippen molar-refractivity contribution in [1.82, 2.24) is 0 Å². The van der Waals surface area contributed by atoms with Crippen molar-refractivity contribution in [1.29, 1.82) is 0 Å². The predicted molar refractivity (Wildman–Crippen MR) is 64.2 cm³/mol. The first-order valence-electron chi connectivity index (χ1n) is 4.63. The van der Waals surface area contributed by atoms with Crippen molar-refractivity contribution in [3.8, 4) is 0 Å². The Kier molecular flexibility index (Phi) is 4.01. The Hall–Kier alpha value is -0.980. The molecule has 0 spiro atoms. The molecule has 0 amide bonds. The van der Waals surface area contributed by atoms with Crippen molar-refractivity contribution in [2.45, 2.75) is 12.5 Å². The highest BCUT2D eigenvalue weighted by molar-refractivity contribution is 9.10. The Balaban J connectivity index is 3.28. The van der Waals surface area contributed by atoms with Crippen molar-refractivity contribution in [2.75, 3.05) is 13.7 Å². The van der Waals surface area contributed by atoms with Gasteiger partial charge in [0.15, 0.2) is 0 Å². The molecule has 0 aromatic heterocycles. The van der Waals surface area contributed by atoms with Crippen molar-refractivity contribution in [3.05, 3.63) is 38.3 Å². The molecule has 0 radical (unpaired) electrons. The molecule has 5 nitrogen and oxygen atoms in total. The van der Waals surface area contributed by atoms with Gasteiger partial charge in [0.25, 0.3) is 5.69 Å². The normalized spacial score (nSPS) is 14.5. The van der Waals surface area contributed by atoms with Crippen LogP contribution in [0.25, 0.3) is 0 Å². The number of hydrogen-bond donors (Lipinski definition) is 1. The predicted octanol–water partition coefficient (Wildman–Crippen LogP) is 2.18. The molecule has 1 aromatic carbocycles. The summed E-state index contributed by atoms with van der Waals surface area (Å²) in [7, 11) is 1.53. The van der Waals surface area contributed by atoms with Crippen LogP contribution in [0.3, 0.4) is 0 Å². The molecule has 16 heavy (non-hydrogen) atoms. The van der Waals surface area contributed by atoms with Gasteiger partial charge in [-0.1, -0.05) is 15.9 Å². The number of non-ortho nitro benzene ring substituents is 1. The number of nitrogens with zero attached hydrogens (tertiary/aromatic N) is 1. The number of hydrogen-bond acceptors (Lipinski definition) is 4. The number of nitro groups is 1. The van der Waals surface area contributed by atoms with Crippen LogP contribution in [-0.4, -0.2) is 18.6 Å². The molecule has 0 saturated carbocycles. The van der Waals surface area contributed by atoms with Crippen LogP contribution in [-0.2, 0) is 10.3 Å². The van der Waals surface area contributed by atoms with Gasteiger partial charge in [-0.2, -0.15) is 0 Å². The Morgan fingerprint density at radius 1 is 1.56 bits per heavy atom. The first kappa shape index (κ1) is 13.1. The van der Waals surface area contributed by atoms with Gasteiger partial charge in [0.2, 0.25) is 0 Å². The molecule has 0 fully saturated rings. The Labute approximate surface area is 102 Å². The first-order valence-corrected chi connectivity index (χ1v) is 5.43. The fourth-order valence-corrected chi connectivity index (χ4v) is 1.79. The highest BCUT2D eigenvalue weighted by Crippen LogP contribution is 2.30. The standard InChI is InChI=1S/C10H13BrN2O3/c1-10(6-12,16-2)7-3-8(11)5-9(4-7)13(14)15/h3-5H,6,12H2,1-2H3. The third-order valence-electron chi connectivity index (χ3n) is 2.54. The number of rotatable bonds is 4. The Morgan fingerprint density at radius 2 is 2.19 bits per heavy atom. The summed E-state index contributed by atoms with van der Waals surface area (Å²) in [5, 5.41) is 10.7. The zero-order chi connectivity index (χ0) is 12.3. The number of benzene rings is 1. The molecule has 1 atom stereocenters. The third-order valence-corrected chi connectivity index (χ3v) is 3.00. The highest BCUT2D eigenvalue weighted by Gasteiger charge is 2.26. The molecule has 0 aliphatic carbocycles. The zero-order valence-electron chi connectivity index (χ0n) is 9.07. The summed E-state index contributed by atoms with van der Waals surface area (Å²) in [6.07, 6.45) is 0. The Bertz CT molecular complexity index is 405. The molecule has 2 N–H and O–H groups in total. The van der Waals surface area contributed by atoms with E-state index in [1.165, 1.54) is 19.2 Å². The maximum absolute atomic E-state index is 10.7. The van der Waals surface area contributed by atoms with E-state index in [0.717, 1.165) is 0 Å². The van der Waals surface area contributed by atoms with Crippen molar-refractivity contribution >= 4 is 21.6 Å². The van der Waals surface area contributed by atoms with E-state index >= 15 is 0 Å². The molecule has 6 heteroatoms. The van der Waals surface area contributed by atoms with Crippen molar-refractivity contribution in [3.63, 3.8) is 0 Å². The number of halogens is 1. The molecular formula is C10H13BrN2O3. The van der Waals surface area contributed by atoms with Gasteiger partial charge in [-0.05, 0) is 18.6 Å². The summed E-state index contributed by atoms with van der Waals surface area (Å²) in [5.41, 5.74) is 5.60. The Morgan fingerprint density at radius 3 is 2.62 bits per heavy atom. The monoisotopic (exact) mass is 288 g/mol. The lowest BCUT2D eigenvalue weighted by Gasteiger charge is -2.26. The molecule has 0 aliphatic rings. The summed E-state index contributed by atoms with van der Waals surface area (Å²) >= 11 is 3.23.